The molecule has 1 saturated heterocycles. The quantitative estimate of drug-likeness (QED) is 0.875. The van der Waals surface area contributed by atoms with Crippen molar-refractivity contribution < 1.29 is 9.90 Å². The van der Waals surface area contributed by atoms with Gasteiger partial charge in [0, 0.05) is 43.0 Å². The van der Waals surface area contributed by atoms with Gasteiger partial charge in [0.15, 0.2) is 0 Å². The maximum atomic E-state index is 12.3. The van der Waals surface area contributed by atoms with Crippen molar-refractivity contribution in [2.75, 3.05) is 38.6 Å². The number of carbonyl (C=O) groups excluding carboxylic acids is 1. The molecule has 0 atom stereocenters. The average Bonchev–Trinajstić information content (AvgIpc) is 2.52. The lowest BCUT2D eigenvalue weighted by molar-refractivity contribution is 0.134. The number of anilines is 1. The molecule has 5 nitrogen and oxygen atoms in total. The van der Waals surface area contributed by atoms with E-state index in [0.29, 0.717) is 11.1 Å². The van der Waals surface area contributed by atoms with Gasteiger partial charge in [-0.25, -0.2) is 4.79 Å². The van der Waals surface area contributed by atoms with E-state index in [4.69, 9.17) is 16.7 Å². The molecular formula is C16H24ClN3O2. The fraction of sp³-hybridized carbons (Fsp3) is 0.562. The van der Waals surface area contributed by atoms with Crippen molar-refractivity contribution in [3.8, 4) is 0 Å². The highest BCUT2D eigenvalue weighted by atomic mass is 35.5. The number of halogens is 1. The summed E-state index contributed by atoms with van der Waals surface area (Å²) in [6.45, 7) is 2.63. The number of carbonyl (C=O) groups is 1. The summed E-state index contributed by atoms with van der Waals surface area (Å²) < 4.78 is 0. The molecule has 2 N–H and O–H groups in total. The van der Waals surface area contributed by atoms with E-state index in [9.17, 15) is 4.79 Å². The van der Waals surface area contributed by atoms with Gasteiger partial charge in [-0.2, -0.15) is 0 Å². The topological polar surface area (TPSA) is 55.8 Å². The first kappa shape index (κ1) is 17.1. The minimum absolute atomic E-state index is 0.0706. The lowest BCUT2D eigenvalue weighted by Crippen LogP contribution is -2.47. The van der Waals surface area contributed by atoms with E-state index in [1.165, 1.54) is 0 Å². The summed E-state index contributed by atoms with van der Waals surface area (Å²) in [6.07, 6.45) is 2.72. The zero-order valence-electron chi connectivity index (χ0n) is 13.0. The van der Waals surface area contributed by atoms with Crippen LogP contribution in [0.5, 0.6) is 0 Å². The van der Waals surface area contributed by atoms with Crippen LogP contribution in [0.15, 0.2) is 24.3 Å². The highest BCUT2D eigenvalue weighted by Crippen LogP contribution is 2.18. The molecule has 0 radical (unpaired) electrons. The van der Waals surface area contributed by atoms with Gasteiger partial charge >= 0.3 is 6.03 Å². The van der Waals surface area contributed by atoms with Crippen LogP contribution in [0.4, 0.5) is 10.5 Å². The number of nitrogens with zero attached hydrogens (tertiary/aromatic N) is 2. The van der Waals surface area contributed by atoms with Gasteiger partial charge in [0.1, 0.15) is 0 Å². The van der Waals surface area contributed by atoms with E-state index in [1.54, 1.807) is 12.1 Å². The third-order valence-corrected chi connectivity index (χ3v) is 4.35. The summed E-state index contributed by atoms with van der Waals surface area (Å²) in [5.74, 6) is 0. The smallest absolute Gasteiger partial charge is 0.321 e. The number of piperidine rings is 1. The molecule has 22 heavy (non-hydrogen) atoms. The number of aliphatic hydroxyl groups excluding tert-OH is 1. The van der Waals surface area contributed by atoms with Crippen LogP contribution in [0.2, 0.25) is 5.02 Å². The Morgan fingerprint density at radius 1 is 1.45 bits per heavy atom. The van der Waals surface area contributed by atoms with Gasteiger partial charge in [-0.1, -0.05) is 17.7 Å². The molecule has 0 spiro atoms. The number of likely N-dealkylation sites (tertiary alicyclic amines) is 1. The first-order chi connectivity index (χ1) is 10.6. The number of nitrogens with one attached hydrogen (secondary N) is 1. The minimum Gasteiger partial charge on any atom is -0.396 e. The average molecular weight is 326 g/mol. The fourth-order valence-corrected chi connectivity index (χ4v) is 2.97. The number of benzene rings is 1. The summed E-state index contributed by atoms with van der Waals surface area (Å²) >= 11 is 5.92. The first-order valence-corrected chi connectivity index (χ1v) is 8.10. The van der Waals surface area contributed by atoms with Crippen molar-refractivity contribution in [1.29, 1.82) is 0 Å². The van der Waals surface area contributed by atoms with E-state index in [-0.39, 0.29) is 12.6 Å². The molecule has 2 rings (SSSR count). The third kappa shape index (κ3) is 4.87. The van der Waals surface area contributed by atoms with Gasteiger partial charge in [0.2, 0.25) is 0 Å². The van der Waals surface area contributed by atoms with Crippen LogP contribution in [-0.2, 0) is 0 Å². The van der Waals surface area contributed by atoms with Gasteiger partial charge in [0.25, 0.3) is 0 Å². The largest absolute Gasteiger partial charge is 0.396 e. The lowest BCUT2D eigenvalue weighted by Gasteiger charge is -2.36. The molecular weight excluding hydrogens is 302 g/mol. The number of amides is 2. The molecule has 2 amide bonds. The maximum Gasteiger partial charge on any atom is 0.321 e. The first-order valence-electron chi connectivity index (χ1n) is 7.72. The van der Waals surface area contributed by atoms with Crippen molar-refractivity contribution in [3.63, 3.8) is 0 Å². The van der Waals surface area contributed by atoms with E-state index >= 15 is 0 Å². The molecule has 1 heterocycles. The Morgan fingerprint density at radius 3 is 2.82 bits per heavy atom. The summed E-state index contributed by atoms with van der Waals surface area (Å²) in [7, 11) is 2.09. The number of hydrogen-bond acceptors (Lipinski definition) is 3. The zero-order chi connectivity index (χ0) is 15.9. The van der Waals surface area contributed by atoms with Crippen molar-refractivity contribution in [2.24, 2.45) is 0 Å². The van der Waals surface area contributed by atoms with Gasteiger partial charge < -0.3 is 20.2 Å². The highest BCUT2D eigenvalue weighted by molar-refractivity contribution is 6.30. The summed E-state index contributed by atoms with van der Waals surface area (Å²) in [5.41, 5.74) is 0.722. The van der Waals surface area contributed by atoms with Crippen molar-refractivity contribution >= 4 is 23.3 Å². The zero-order valence-corrected chi connectivity index (χ0v) is 13.7. The van der Waals surface area contributed by atoms with Crippen LogP contribution in [0.25, 0.3) is 0 Å². The molecule has 0 aromatic heterocycles. The highest BCUT2D eigenvalue weighted by Gasteiger charge is 2.25. The molecule has 1 aromatic carbocycles. The molecule has 6 heteroatoms. The van der Waals surface area contributed by atoms with Gasteiger partial charge in [-0.05, 0) is 44.5 Å². The molecule has 1 aliphatic rings. The summed E-state index contributed by atoms with van der Waals surface area (Å²) in [5, 5.41) is 12.4. The van der Waals surface area contributed by atoms with E-state index in [0.717, 1.165) is 44.6 Å². The summed E-state index contributed by atoms with van der Waals surface area (Å²) in [6, 6.07) is 7.60. The molecule has 0 unspecified atom stereocenters. The lowest BCUT2D eigenvalue weighted by atomic mass is 10.0. The Balaban J connectivity index is 1.80. The van der Waals surface area contributed by atoms with Gasteiger partial charge in [-0.15, -0.1) is 0 Å². The van der Waals surface area contributed by atoms with E-state index < -0.39 is 0 Å². The number of aliphatic hydroxyl groups is 1. The van der Waals surface area contributed by atoms with Gasteiger partial charge in [-0.3, -0.25) is 0 Å². The third-order valence-electron chi connectivity index (χ3n) is 4.12. The molecule has 1 aliphatic heterocycles. The normalized spacial score (nSPS) is 16.1. The predicted molar refractivity (Wildman–Crippen MR) is 89.4 cm³/mol. The second kappa shape index (κ2) is 8.36. The van der Waals surface area contributed by atoms with Crippen LogP contribution in [0.3, 0.4) is 0 Å². The SMILES string of the molecule is CN(CCCO)C1CCN(C(=O)Nc2cccc(Cl)c2)CC1. The van der Waals surface area contributed by atoms with Crippen LogP contribution in [0, 0.1) is 0 Å². The Hall–Kier alpha value is -1.30. The monoisotopic (exact) mass is 325 g/mol. The molecule has 0 bridgehead atoms. The van der Waals surface area contributed by atoms with Crippen LogP contribution in [0.1, 0.15) is 19.3 Å². The second-order valence-electron chi connectivity index (χ2n) is 5.72. The predicted octanol–water partition coefficient (Wildman–Crippen LogP) is 2.65. The number of hydrogen-bond donors (Lipinski definition) is 2. The molecule has 1 fully saturated rings. The Morgan fingerprint density at radius 2 is 2.18 bits per heavy atom. The molecule has 1 aromatic rings. The van der Waals surface area contributed by atoms with Crippen LogP contribution < -0.4 is 5.32 Å². The van der Waals surface area contributed by atoms with E-state index in [2.05, 4.69) is 17.3 Å². The summed E-state index contributed by atoms with van der Waals surface area (Å²) in [4.78, 5) is 16.4. The van der Waals surface area contributed by atoms with Crippen molar-refractivity contribution in [2.45, 2.75) is 25.3 Å². The number of rotatable bonds is 5. The maximum absolute atomic E-state index is 12.3. The van der Waals surface area contributed by atoms with E-state index in [1.807, 2.05) is 17.0 Å². The molecule has 122 valence electrons. The van der Waals surface area contributed by atoms with Crippen molar-refractivity contribution in [1.82, 2.24) is 9.80 Å². The Labute approximate surface area is 136 Å². The fourth-order valence-electron chi connectivity index (χ4n) is 2.78. The van der Waals surface area contributed by atoms with Crippen LogP contribution in [-0.4, -0.2) is 60.3 Å². The Kier molecular flexibility index (Phi) is 6.49. The minimum atomic E-state index is -0.0706. The molecule has 0 saturated carbocycles. The second-order valence-corrected chi connectivity index (χ2v) is 6.15. The standard InChI is InChI=1S/C16H24ClN3O2/c1-19(8-3-11-21)15-6-9-20(10-7-15)16(22)18-14-5-2-4-13(17)12-14/h2,4-5,12,15,21H,3,6-11H2,1H3,(H,18,22). The molecule has 0 aliphatic carbocycles. The Bertz CT molecular complexity index is 490. The van der Waals surface area contributed by atoms with Crippen molar-refractivity contribution in [3.05, 3.63) is 29.3 Å². The van der Waals surface area contributed by atoms with Gasteiger partial charge in [0.05, 0.1) is 0 Å². The van der Waals surface area contributed by atoms with Crippen LogP contribution >= 0.6 is 11.6 Å². The number of urea groups is 1.